The lowest BCUT2D eigenvalue weighted by molar-refractivity contribution is -0.211. The summed E-state index contributed by atoms with van der Waals surface area (Å²) in [6, 6.07) is 3.71. The van der Waals surface area contributed by atoms with E-state index in [-0.39, 0.29) is 11.5 Å². The Labute approximate surface area is 208 Å². The molecule has 1 aromatic rings. The van der Waals surface area contributed by atoms with Gasteiger partial charge in [0.2, 0.25) is 0 Å². The van der Waals surface area contributed by atoms with E-state index in [4.69, 9.17) is 9.47 Å². The zero-order valence-electron chi connectivity index (χ0n) is 21.9. The third-order valence-corrected chi connectivity index (χ3v) is 9.26. The lowest BCUT2D eigenvalue weighted by atomic mass is 9.48. The molecule has 0 bridgehead atoms. The summed E-state index contributed by atoms with van der Waals surface area (Å²) in [5.41, 5.74) is -0.0383. The molecule has 6 unspecified atom stereocenters. The summed E-state index contributed by atoms with van der Waals surface area (Å²) < 4.78 is 11.7. The van der Waals surface area contributed by atoms with Crippen LogP contribution in [-0.4, -0.2) is 73.3 Å². The van der Waals surface area contributed by atoms with Gasteiger partial charge < -0.3 is 19.5 Å². The van der Waals surface area contributed by atoms with Crippen molar-refractivity contribution >= 4 is 17.9 Å². The van der Waals surface area contributed by atoms with Gasteiger partial charge in [-0.3, -0.25) is 14.5 Å². The van der Waals surface area contributed by atoms with Crippen molar-refractivity contribution in [2.75, 3.05) is 32.1 Å². The van der Waals surface area contributed by atoms with Crippen molar-refractivity contribution in [1.82, 2.24) is 4.90 Å². The van der Waals surface area contributed by atoms with Crippen LogP contribution in [0, 0.1) is 5.41 Å². The third-order valence-electron chi connectivity index (χ3n) is 9.26. The lowest BCUT2D eigenvalue weighted by Gasteiger charge is -2.63. The number of hydrogen-bond acceptors (Lipinski definition) is 7. The van der Waals surface area contributed by atoms with E-state index in [1.807, 2.05) is 11.9 Å². The highest BCUT2D eigenvalue weighted by atomic mass is 16.6. The fraction of sp³-hybridized carbons (Fsp3) is 0.643. The third kappa shape index (κ3) is 2.85. The summed E-state index contributed by atoms with van der Waals surface area (Å²) in [6.07, 6.45) is 5.31. The van der Waals surface area contributed by atoms with Crippen LogP contribution in [0.2, 0.25) is 0 Å². The zero-order chi connectivity index (χ0) is 25.6. The minimum absolute atomic E-state index is 0.0236. The number of benzene rings is 1. The molecule has 1 saturated carbocycles. The molecule has 1 aliphatic carbocycles. The molecule has 3 aliphatic heterocycles. The number of anilines is 1. The summed E-state index contributed by atoms with van der Waals surface area (Å²) in [5.74, 6) is 0.304. The number of fused-ring (bicyclic) bond motifs is 1. The maximum atomic E-state index is 12.9. The van der Waals surface area contributed by atoms with Crippen LogP contribution in [-0.2, 0) is 25.2 Å². The number of carbonyl (C=O) groups excluding carboxylic acids is 2. The van der Waals surface area contributed by atoms with E-state index in [1.165, 1.54) is 6.92 Å². The molecule has 5 rings (SSSR count). The molecule has 1 aromatic carbocycles. The smallest absolute Gasteiger partial charge is 0.303 e. The highest BCUT2D eigenvalue weighted by molar-refractivity contribution is 5.79. The van der Waals surface area contributed by atoms with E-state index in [0.717, 1.165) is 42.1 Å². The molecule has 1 N–H and O–H groups in total. The first-order valence-corrected chi connectivity index (χ1v) is 12.7. The van der Waals surface area contributed by atoms with Crippen molar-refractivity contribution in [2.45, 2.75) is 82.1 Å². The van der Waals surface area contributed by atoms with Gasteiger partial charge >= 0.3 is 5.97 Å². The predicted molar refractivity (Wildman–Crippen MR) is 134 cm³/mol. The molecular weight excluding hydrogens is 444 g/mol. The Kier molecular flexibility index (Phi) is 5.25. The lowest BCUT2D eigenvalue weighted by Crippen LogP contribution is -2.79. The van der Waals surface area contributed by atoms with Crippen molar-refractivity contribution in [3.05, 3.63) is 35.4 Å². The molecule has 1 saturated heterocycles. The molecule has 7 nitrogen and oxygen atoms in total. The van der Waals surface area contributed by atoms with Crippen LogP contribution in [0.4, 0.5) is 5.69 Å². The van der Waals surface area contributed by atoms with Crippen LogP contribution in [0.15, 0.2) is 24.3 Å². The fourth-order valence-corrected chi connectivity index (χ4v) is 8.14. The summed E-state index contributed by atoms with van der Waals surface area (Å²) in [7, 11) is 3.62. The molecule has 35 heavy (non-hydrogen) atoms. The first-order chi connectivity index (χ1) is 16.4. The molecule has 0 amide bonds. The van der Waals surface area contributed by atoms with Gasteiger partial charge in [-0.25, -0.2) is 0 Å². The SMILES string of the molecule is CCC12C=CCN3CCC4(c5cc(C(C)(C)C)c(OC)cc5N(C)C4C(O)(C=O)C1OC(C)=O)C32. The van der Waals surface area contributed by atoms with Crippen LogP contribution in [0.25, 0.3) is 0 Å². The Balaban J connectivity index is 1.86. The first-order valence-electron chi connectivity index (χ1n) is 12.7. The molecule has 7 heteroatoms. The summed E-state index contributed by atoms with van der Waals surface area (Å²) >= 11 is 0. The Bertz CT molecular complexity index is 1110. The van der Waals surface area contributed by atoms with E-state index in [9.17, 15) is 14.7 Å². The van der Waals surface area contributed by atoms with Crippen LogP contribution in [0.3, 0.4) is 0 Å². The first kappa shape index (κ1) is 24.3. The number of methoxy groups -OCH3 is 1. The average molecular weight is 483 g/mol. The average Bonchev–Trinajstić information content (AvgIpc) is 3.32. The number of ether oxygens (including phenoxy) is 2. The van der Waals surface area contributed by atoms with Gasteiger partial charge in [-0.1, -0.05) is 39.8 Å². The molecule has 6 atom stereocenters. The van der Waals surface area contributed by atoms with Crippen LogP contribution in [0.5, 0.6) is 5.75 Å². The normalized spacial score (nSPS) is 37.5. The molecule has 0 aromatic heterocycles. The van der Waals surface area contributed by atoms with E-state index < -0.39 is 34.5 Å². The van der Waals surface area contributed by atoms with E-state index >= 15 is 0 Å². The van der Waals surface area contributed by atoms with Gasteiger partial charge in [-0.05, 0) is 42.0 Å². The Morgan fingerprint density at radius 3 is 2.57 bits per heavy atom. The van der Waals surface area contributed by atoms with Gasteiger partial charge in [0, 0.05) is 49.1 Å². The van der Waals surface area contributed by atoms with Gasteiger partial charge in [0.15, 0.2) is 11.9 Å². The van der Waals surface area contributed by atoms with Crippen LogP contribution in [0.1, 0.15) is 58.6 Å². The molecule has 2 fully saturated rings. The van der Waals surface area contributed by atoms with Crippen molar-refractivity contribution in [2.24, 2.45) is 5.41 Å². The second kappa shape index (κ2) is 7.56. The van der Waals surface area contributed by atoms with Crippen LogP contribution < -0.4 is 9.64 Å². The van der Waals surface area contributed by atoms with E-state index in [0.29, 0.717) is 12.7 Å². The van der Waals surface area contributed by atoms with Crippen molar-refractivity contribution in [3.8, 4) is 5.75 Å². The maximum Gasteiger partial charge on any atom is 0.303 e. The highest BCUT2D eigenvalue weighted by Gasteiger charge is 2.78. The number of esters is 1. The largest absolute Gasteiger partial charge is 0.496 e. The number of likely N-dealkylation sites (N-methyl/N-ethyl adjacent to an activating group) is 1. The molecule has 1 spiro atoms. The van der Waals surface area contributed by atoms with Crippen molar-refractivity contribution in [3.63, 3.8) is 0 Å². The number of aliphatic hydroxyl groups is 1. The highest BCUT2D eigenvalue weighted by Crippen LogP contribution is 2.67. The monoisotopic (exact) mass is 482 g/mol. The number of rotatable bonds is 4. The Morgan fingerprint density at radius 2 is 2.00 bits per heavy atom. The minimum Gasteiger partial charge on any atom is -0.496 e. The quantitative estimate of drug-likeness (QED) is 0.402. The summed E-state index contributed by atoms with van der Waals surface area (Å²) in [5, 5.41) is 12.3. The van der Waals surface area contributed by atoms with Gasteiger partial charge in [0.05, 0.1) is 13.2 Å². The van der Waals surface area contributed by atoms with Gasteiger partial charge in [0.1, 0.15) is 11.9 Å². The second-order valence-corrected chi connectivity index (χ2v) is 11.9. The van der Waals surface area contributed by atoms with Gasteiger partial charge in [0.25, 0.3) is 0 Å². The zero-order valence-corrected chi connectivity index (χ0v) is 21.9. The Morgan fingerprint density at radius 1 is 1.29 bits per heavy atom. The van der Waals surface area contributed by atoms with Crippen molar-refractivity contribution < 1.29 is 24.2 Å². The molecular formula is C28H38N2O5. The van der Waals surface area contributed by atoms with Gasteiger partial charge in [-0.2, -0.15) is 0 Å². The van der Waals surface area contributed by atoms with Crippen molar-refractivity contribution in [1.29, 1.82) is 0 Å². The van der Waals surface area contributed by atoms with E-state index in [1.54, 1.807) is 7.11 Å². The topological polar surface area (TPSA) is 79.3 Å². The second-order valence-electron chi connectivity index (χ2n) is 11.9. The van der Waals surface area contributed by atoms with E-state index in [2.05, 4.69) is 56.9 Å². The molecule has 0 radical (unpaired) electrons. The number of hydrogen-bond donors (Lipinski definition) is 1. The molecule has 3 heterocycles. The molecule has 190 valence electrons. The minimum atomic E-state index is -1.89. The van der Waals surface area contributed by atoms with Crippen LogP contribution >= 0.6 is 0 Å². The predicted octanol–water partition coefficient (Wildman–Crippen LogP) is 2.96. The van der Waals surface area contributed by atoms with Gasteiger partial charge in [-0.15, -0.1) is 0 Å². The maximum absolute atomic E-state index is 12.9. The fourth-order valence-electron chi connectivity index (χ4n) is 8.14. The number of nitrogens with zero attached hydrogens (tertiary/aromatic N) is 2. The number of aldehydes is 1. The summed E-state index contributed by atoms with van der Waals surface area (Å²) in [4.78, 5) is 29.8. The summed E-state index contributed by atoms with van der Waals surface area (Å²) in [6.45, 7) is 11.6. The Hall–Kier alpha value is -2.38. The standard InChI is InChI=1S/C28H38N2O5/c1-8-26-10-9-12-30-13-11-27(22(26)30)18-14-19(25(3,4)5)21(34-7)15-20(18)29(6)23(27)28(33,16-31)24(26)35-17(2)32/h9-10,14-16,22-24,33H,8,11-13H2,1-7H3. The molecule has 4 aliphatic rings. The number of carbonyl (C=O) groups is 2.